The van der Waals surface area contributed by atoms with Crippen LogP contribution in [0.1, 0.15) is 5.01 Å². The number of aromatic nitrogens is 4. The van der Waals surface area contributed by atoms with E-state index in [4.69, 9.17) is 0 Å². The first-order chi connectivity index (χ1) is 8.42. The summed E-state index contributed by atoms with van der Waals surface area (Å²) in [5.74, 6) is 0.527. The summed E-state index contributed by atoms with van der Waals surface area (Å²) in [5, 5.41) is 14.1. The number of thiazole rings is 1. The van der Waals surface area contributed by atoms with Crippen molar-refractivity contribution in [3.05, 3.63) is 40.8 Å². The topological polar surface area (TPSA) is 63.6 Å². The zero-order chi connectivity index (χ0) is 11.5. The molecule has 0 aliphatic heterocycles. The lowest BCUT2D eigenvalue weighted by Gasteiger charge is -2.02. The molecular weight excluding hydrogens is 234 g/mol. The lowest BCUT2D eigenvalue weighted by Crippen LogP contribution is -2.04. The highest BCUT2D eigenvalue weighted by Gasteiger charge is 2.01. The molecular formula is C11H9N5S. The van der Waals surface area contributed by atoms with E-state index in [0.717, 1.165) is 16.0 Å². The highest BCUT2D eigenvalue weighted by Crippen LogP contribution is 2.10. The Hall–Kier alpha value is -2.08. The van der Waals surface area contributed by atoms with E-state index in [9.17, 15) is 0 Å². The van der Waals surface area contributed by atoms with Gasteiger partial charge in [-0.05, 0) is 12.1 Å². The van der Waals surface area contributed by atoms with Crippen LogP contribution in [0.5, 0.6) is 0 Å². The molecule has 0 aliphatic carbocycles. The van der Waals surface area contributed by atoms with E-state index in [1.807, 2.05) is 29.6 Å². The highest BCUT2D eigenvalue weighted by molar-refractivity contribution is 7.09. The number of nitrogens with zero attached hydrogens (tertiary/aromatic N) is 4. The van der Waals surface area contributed by atoms with Crippen molar-refractivity contribution in [2.45, 2.75) is 6.54 Å². The minimum atomic E-state index is 0.527. The van der Waals surface area contributed by atoms with Gasteiger partial charge < -0.3 is 5.32 Å². The summed E-state index contributed by atoms with van der Waals surface area (Å²) in [7, 11) is 0. The maximum absolute atomic E-state index is 4.37. The van der Waals surface area contributed by atoms with Crippen molar-refractivity contribution < 1.29 is 0 Å². The minimum Gasteiger partial charge on any atom is -0.346 e. The molecule has 0 atom stereocenters. The highest BCUT2D eigenvalue weighted by atomic mass is 32.1. The monoisotopic (exact) mass is 243 g/mol. The standard InChI is InChI=1S/C11H9N5S/c1-2-4-9-8(3-1)14-11(16-15-9)13-7-10-12-5-6-17-10/h1-6H,7H2,(H,13,14,16). The first-order valence-electron chi connectivity index (χ1n) is 5.13. The van der Waals surface area contributed by atoms with Crippen LogP contribution >= 0.6 is 11.3 Å². The van der Waals surface area contributed by atoms with Gasteiger partial charge in [0.15, 0.2) is 0 Å². The molecule has 5 nitrogen and oxygen atoms in total. The summed E-state index contributed by atoms with van der Waals surface area (Å²) < 4.78 is 0. The molecule has 6 heteroatoms. The van der Waals surface area contributed by atoms with Gasteiger partial charge in [-0.25, -0.2) is 9.97 Å². The lowest BCUT2D eigenvalue weighted by molar-refractivity contribution is 0.977. The van der Waals surface area contributed by atoms with Gasteiger partial charge in [-0.2, -0.15) is 0 Å². The van der Waals surface area contributed by atoms with Gasteiger partial charge in [0.25, 0.3) is 0 Å². The largest absolute Gasteiger partial charge is 0.346 e. The van der Waals surface area contributed by atoms with Crippen LogP contribution in [0.25, 0.3) is 11.0 Å². The number of hydrogen-bond donors (Lipinski definition) is 1. The first-order valence-corrected chi connectivity index (χ1v) is 6.01. The number of benzene rings is 1. The molecule has 1 aromatic carbocycles. The normalized spacial score (nSPS) is 10.6. The summed E-state index contributed by atoms with van der Waals surface area (Å²) >= 11 is 1.60. The van der Waals surface area contributed by atoms with Gasteiger partial charge in [-0.1, -0.05) is 12.1 Å². The Kier molecular flexibility index (Phi) is 2.63. The molecule has 0 bridgehead atoms. The quantitative estimate of drug-likeness (QED) is 0.763. The molecule has 0 amide bonds. The summed E-state index contributed by atoms with van der Waals surface area (Å²) in [5.41, 5.74) is 1.64. The lowest BCUT2D eigenvalue weighted by atomic mass is 10.3. The third-order valence-electron chi connectivity index (χ3n) is 2.24. The van der Waals surface area contributed by atoms with E-state index in [1.165, 1.54) is 0 Å². The molecule has 1 N–H and O–H groups in total. The maximum Gasteiger partial charge on any atom is 0.243 e. The van der Waals surface area contributed by atoms with E-state index in [2.05, 4.69) is 25.5 Å². The smallest absolute Gasteiger partial charge is 0.243 e. The molecule has 17 heavy (non-hydrogen) atoms. The van der Waals surface area contributed by atoms with Gasteiger partial charge in [-0.3, -0.25) is 0 Å². The van der Waals surface area contributed by atoms with Gasteiger partial charge in [-0.15, -0.1) is 21.5 Å². The van der Waals surface area contributed by atoms with E-state index in [1.54, 1.807) is 17.5 Å². The molecule has 84 valence electrons. The minimum absolute atomic E-state index is 0.527. The summed E-state index contributed by atoms with van der Waals surface area (Å²) in [6.07, 6.45) is 1.78. The number of anilines is 1. The van der Waals surface area contributed by atoms with Crippen molar-refractivity contribution in [1.82, 2.24) is 20.2 Å². The predicted molar refractivity (Wildman–Crippen MR) is 66.8 cm³/mol. The van der Waals surface area contributed by atoms with Crippen molar-refractivity contribution in [3.8, 4) is 0 Å². The number of para-hydroxylation sites is 1. The van der Waals surface area contributed by atoms with Crippen LogP contribution in [0.4, 0.5) is 5.95 Å². The molecule has 0 saturated carbocycles. The number of nitrogens with one attached hydrogen (secondary N) is 1. The molecule has 0 aliphatic rings. The van der Waals surface area contributed by atoms with Crippen molar-refractivity contribution in [1.29, 1.82) is 0 Å². The van der Waals surface area contributed by atoms with Crippen LogP contribution in [-0.4, -0.2) is 20.2 Å². The average Bonchev–Trinajstić information content (AvgIpc) is 2.89. The molecule has 0 spiro atoms. The zero-order valence-corrected chi connectivity index (χ0v) is 9.68. The molecule has 0 saturated heterocycles. The van der Waals surface area contributed by atoms with Gasteiger partial charge >= 0.3 is 0 Å². The Morgan fingerprint density at radius 1 is 1.12 bits per heavy atom. The van der Waals surface area contributed by atoms with Crippen molar-refractivity contribution in [2.75, 3.05) is 5.32 Å². The van der Waals surface area contributed by atoms with Gasteiger partial charge in [0, 0.05) is 11.6 Å². The SMILES string of the molecule is c1ccc2nc(NCc3nccs3)nnc2c1. The molecule has 2 aromatic heterocycles. The van der Waals surface area contributed by atoms with Gasteiger partial charge in [0.2, 0.25) is 5.95 Å². The third kappa shape index (κ3) is 2.21. The summed E-state index contributed by atoms with van der Waals surface area (Å²) in [6, 6.07) is 7.65. The fourth-order valence-corrected chi connectivity index (χ4v) is 2.01. The second-order valence-corrected chi connectivity index (χ2v) is 4.38. The Balaban J connectivity index is 1.81. The zero-order valence-electron chi connectivity index (χ0n) is 8.87. The number of hydrogen-bond acceptors (Lipinski definition) is 6. The van der Waals surface area contributed by atoms with Crippen LogP contribution in [-0.2, 0) is 6.54 Å². The molecule has 3 rings (SSSR count). The second kappa shape index (κ2) is 4.42. The number of rotatable bonds is 3. The van der Waals surface area contributed by atoms with Crippen molar-refractivity contribution in [3.63, 3.8) is 0 Å². The van der Waals surface area contributed by atoms with Crippen molar-refractivity contribution >= 4 is 28.3 Å². The van der Waals surface area contributed by atoms with Crippen LogP contribution in [0.15, 0.2) is 35.8 Å². The molecule has 0 fully saturated rings. The fraction of sp³-hybridized carbons (Fsp3) is 0.0909. The summed E-state index contributed by atoms with van der Waals surface area (Å²) in [4.78, 5) is 8.54. The van der Waals surface area contributed by atoms with E-state index >= 15 is 0 Å². The van der Waals surface area contributed by atoms with E-state index in [0.29, 0.717) is 12.5 Å². The van der Waals surface area contributed by atoms with Crippen LogP contribution in [0.2, 0.25) is 0 Å². The predicted octanol–water partition coefficient (Wildman–Crippen LogP) is 2.09. The van der Waals surface area contributed by atoms with Gasteiger partial charge in [0.1, 0.15) is 10.5 Å². The fourth-order valence-electron chi connectivity index (χ4n) is 1.45. The molecule has 2 heterocycles. The Morgan fingerprint density at radius 2 is 2.00 bits per heavy atom. The summed E-state index contributed by atoms with van der Waals surface area (Å²) in [6.45, 7) is 0.623. The third-order valence-corrected chi connectivity index (χ3v) is 3.02. The molecule has 3 aromatic rings. The van der Waals surface area contributed by atoms with Crippen LogP contribution < -0.4 is 5.32 Å². The second-order valence-electron chi connectivity index (χ2n) is 3.40. The Labute approximate surface area is 102 Å². The molecule has 0 radical (unpaired) electrons. The number of fused-ring (bicyclic) bond motifs is 1. The Morgan fingerprint density at radius 3 is 2.82 bits per heavy atom. The van der Waals surface area contributed by atoms with Gasteiger partial charge in [0.05, 0.1) is 12.1 Å². The van der Waals surface area contributed by atoms with E-state index < -0.39 is 0 Å². The van der Waals surface area contributed by atoms with E-state index in [-0.39, 0.29) is 0 Å². The average molecular weight is 243 g/mol. The first kappa shape index (κ1) is 10.1. The van der Waals surface area contributed by atoms with Crippen molar-refractivity contribution in [2.24, 2.45) is 0 Å². The molecule has 0 unspecified atom stereocenters. The maximum atomic E-state index is 4.37. The van der Waals surface area contributed by atoms with Crippen LogP contribution in [0.3, 0.4) is 0 Å². The Bertz CT molecular complexity index is 623. The van der Waals surface area contributed by atoms with Crippen LogP contribution in [0, 0.1) is 0 Å².